The molecule has 2 N–H and O–H groups in total. The second-order valence-electron chi connectivity index (χ2n) is 7.18. The van der Waals surface area contributed by atoms with Crippen LogP contribution < -0.4 is 4.90 Å². The first-order valence-electron chi connectivity index (χ1n) is 9.59. The van der Waals surface area contributed by atoms with E-state index in [-0.39, 0.29) is 11.3 Å². The maximum absolute atomic E-state index is 13.2. The Hall–Kier alpha value is -3.71. The lowest BCUT2D eigenvalue weighted by Crippen LogP contribution is -2.29. The summed E-state index contributed by atoms with van der Waals surface area (Å²) in [5, 5.41) is 12.0. The number of aromatic nitrogens is 2. The number of ketones is 1. The maximum Gasteiger partial charge on any atom is 0.300 e. The molecular formula is C24H16BrN3O3. The van der Waals surface area contributed by atoms with Crippen molar-refractivity contribution in [2.75, 3.05) is 4.90 Å². The smallest absolute Gasteiger partial charge is 0.300 e. The number of nitrogens with one attached hydrogen (secondary N) is 1. The SMILES string of the molecule is O=C1C(=O)N(c2cccc(Br)c2)C(c2ccncc2)/C1=C(/O)c1c[nH]c2ccccc12. The Morgan fingerprint density at radius 2 is 1.81 bits per heavy atom. The molecule has 0 radical (unpaired) electrons. The molecule has 1 aliphatic rings. The summed E-state index contributed by atoms with van der Waals surface area (Å²) >= 11 is 3.42. The highest BCUT2D eigenvalue weighted by Gasteiger charge is 2.47. The van der Waals surface area contributed by atoms with Gasteiger partial charge < -0.3 is 10.1 Å². The number of carbonyl (C=O) groups is 2. The molecule has 3 heterocycles. The topological polar surface area (TPSA) is 86.3 Å². The van der Waals surface area contributed by atoms with E-state index < -0.39 is 17.7 Å². The van der Waals surface area contributed by atoms with Crippen LogP contribution in [0.2, 0.25) is 0 Å². The van der Waals surface area contributed by atoms with Crippen LogP contribution >= 0.6 is 15.9 Å². The van der Waals surface area contributed by atoms with Crippen molar-refractivity contribution in [3.05, 3.63) is 100 Å². The fourth-order valence-corrected chi connectivity index (χ4v) is 4.39. The second-order valence-corrected chi connectivity index (χ2v) is 8.09. The van der Waals surface area contributed by atoms with Crippen LogP contribution in [0.15, 0.2) is 89.3 Å². The molecule has 0 saturated carbocycles. The van der Waals surface area contributed by atoms with E-state index in [4.69, 9.17) is 0 Å². The van der Waals surface area contributed by atoms with E-state index in [0.29, 0.717) is 16.8 Å². The fourth-order valence-electron chi connectivity index (χ4n) is 4.00. The third-order valence-electron chi connectivity index (χ3n) is 5.40. The van der Waals surface area contributed by atoms with Crippen molar-refractivity contribution in [1.29, 1.82) is 0 Å². The van der Waals surface area contributed by atoms with Gasteiger partial charge in [0, 0.05) is 45.2 Å². The van der Waals surface area contributed by atoms with Gasteiger partial charge in [-0.1, -0.05) is 40.2 Å². The predicted octanol–water partition coefficient (Wildman–Crippen LogP) is 4.95. The molecule has 2 aromatic carbocycles. The zero-order valence-electron chi connectivity index (χ0n) is 16.1. The summed E-state index contributed by atoms with van der Waals surface area (Å²) in [5.41, 5.74) is 2.57. The summed E-state index contributed by atoms with van der Waals surface area (Å²) in [7, 11) is 0. The number of H-pyrrole nitrogens is 1. The summed E-state index contributed by atoms with van der Waals surface area (Å²) in [4.78, 5) is 34.9. The van der Waals surface area contributed by atoms with Crippen LogP contribution in [-0.2, 0) is 9.59 Å². The third-order valence-corrected chi connectivity index (χ3v) is 5.89. The zero-order valence-corrected chi connectivity index (χ0v) is 17.7. The number of hydrogen-bond acceptors (Lipinski definition) is 4. The van der Waals surface area contributed by atoms with Crippen molar-refractivity contribution in [1.82, 2.24) is 9.97 Å². The van der Waals surface area contributed by atoms with Gasteiger partial charge in [-0.05, 0) is 42.0 Å². The molecule has 1 amide bonds. The van der Waals surface area contributed by atoms with Crippen molar-refractivity contribution in [2.24, 2.45) is 0 Å². The molecule has 0 aliphatic carbocycles. The van der Waals surface area contributed by atoms with E-state index in [1.165, 1.54) is 4.90 Å². The van der Waals surface area contributed by atoms with Gasteiger partial charge in [0.1, 0.15) is 5.76 Å². The van der Waals surface area contributed by atoms with Gasteiger partial charge in [-0.15, -0.1) is 0 Å². The number of hydrogen-bond donors (Lipinski definition) is 2. The number of pyridine rings is 1. The van der Waals surface area contributed by atoms with E-state index in [2.05, 4.69) is 25.9 Å². The summed E-state index contributed by atoms with van der Waals surface area (Å²) in [6, 6.07) is 17.3. The number of nitrogens with zero attached hydrogens (tertiary/aromatic N) is 2. The highest BCUT2D eigenvalue weighted by atomic mass is 79.9. The average molecular weight is 474 g/mol. The number of aromatic amines is 1. The van der Waals surface area contributed by atoms with Crippen molar-refractivity contribution in [2.45, 2.75) is 6.04 Å². The molecule has 1 aliphatic heterocycles. The van der Waals surface area contributed by atoms with E-state index in [1.807, 2.05) is 30.3 Å². The Kier molecular flexibility index (Phi) is 4.67. The summed E-state index contributed by atoms with van der Waals surface area (Å²) < 4.78 is 0.775. The highest BCUT2D eigenvalue weighted by molar-refractivity contribution is 9.10. The number of anilines is 1. The Bertz CT molecular complexity index is 1360. The molecule has 1 atom stereocenters. The Labute approximate surface area is 186 Å². The number of benzene rings is 2. The van der Waals surface area contributed by atoms with Crippen LogP contribution in [0.4, 0.5) is 5.69 Å². The number of rotatable bonds is 3. The number of Topliss-reactive ketones (excluding diaryl/α,β-unsaturated/α-hetero) is 1. The number of fused-ring (bicyclic) bond motifs is 1. The molecule has 0 bridgehead atoms. The normalized spacial score (nSPS) is 18.1. The van der Waals surface area contributed by atoms with Crippen LogP contribution in [0.5, 0.6) is 0 Å². The van der Waals surface area contributed by atoms with Crippen LogP contribution in [0, 0.1) is 0 Å². The number of carbonyl (C=O) groups excluding carboxylic acids is 2. The van der Waals surface area contributed by atoms with Gasteiger partial charge in [0.15, 0.2) is 0 Å². The van der Waals surface area contributed by atoms with Crippen molar-refractivity contribution in [3.8, 4) is 0 Å². The van der Waals surface area contributed by atoms with Gasteiger partial charge in [-0.2, -0.15) is 0 Å². The van der Waals surface area contributed by atoms with Crippen molar-refractivity contribution >= 4 is 50.0 Å². The minimum Gasteiger partial charge on any atom is -0.507 e. The Morgan fingerprint density at radius 1 is 1.03 bits per heavy atom. The molecule has 152 valence electrons. The molecule has 6 nitrogen and oxygen atoms in total. The van der Waals surface area contributed by atoms with Crippen LogP contribution in [0.1, 0.15) is 17.2 Å². The number of para-hydroxylation sites is 1. The lowest BCUT2D eigenvalue weighted by atomic mass is 9.95. The molecule has 1 saturated heterocycles. The van der Waals surface area contributed by atoms with Gasteiger partial charge in [0.05, 0.1) is 11.6 Å². The molecule has 0 spiro atoms. The van der Waals surface area contributed by atoms with Crippen LogP contribution in [0.25, 0.3) is 16.7 Å². The molecule has 4 aromatic rings. The average Bonchev–Trinajstić information content (AvgIpc) is 3.33. The molecule has 5 rings (SSSR count). The zero-order chi connectivity index (χ0) is 21.5. The molecule has 1 unspecified atom stereocenters. The maximum atomic E-state index is 13.2. The lowest BCUT2D eigenvalue weighted by molar-refractivity contribution is -0.132. The first-order valence-corrected chi connectivity index (χ1v) is 10.4. The first-order chi connectivity index (χ1) is 15.1. The standard InChI is InChI=1S/C24H16BrN3O3/c25-15-4-3-5-16(12-15)28-21(14-8-10-26-11-9-14)20(23(30)24(28)31)22(29)18-13-27-19-7-2-1-6-17(18)19/h1-13,21,27,29H/b22-20-. The van der Waals surface area contributed by atoms with E-state index >= 15 is 0 Å². The first kappa shape index (κ1) is 19.3. The molecule has 7 heteroatoms. The minimum atomic E-state index is -0.786. The third kappa shape index (κ3) is 3.14. The largest absolute Gasteiger partial charge is 0.507 e. The van der Waals surface area contributed by atoms with Gasteiger partial charge >= 0.3 is 0 Å². The quantitative estimate of drug-likeness (QED) is 0.250. The summed E-state index contributed by atoms with van der Waals surface area (Å²) in [6.07, 6.45) is 4.85. The number of halogens is 1. The Morgan fingerprint density at radius 3 is 2.58 bits per heavy atom. The van der Waals surface area contributed by atoms with E-state index in [9.17, 15) is 14.7 Å². The minimum absolute atomic E-state index is 0.0425. The fraction of sp³-hybridized carbons (Fsp3) is 0.0417. The summed E-state index contributed by atoms with van der Waals surface area (Å²) in [6.45, 7) is 0. The van der Waals surface area contributed by atoms with Crippen molar-refractivity contribution in [3.63, 3.8) is 0 Å². The predicted molar refractivity (Wildman–Crippen MR) is 121 cm³/mol. The lowest BCUT2D eigenvalue weighted by Gasteiger charge is -2.25. The van der Waals surface area contributed by atoms with Gasteiger partial charge in [0.2, 0.25) is 0 Å². The number of amides is 1. The van der Waals surface area contributed by atoms with Gasteiger partial charge in [-0.25, -0.2) is 0 Å². The Balaban J connectivity index is 1.76. The van der Waals surface area contributed by atoms with Gasteiger partial charge in [-0.3, -0.25) is 19.5 Å². The van der Waals surface area contributed by atoms with E-state index in [0.717, 1.165) is 15.4 Å². The van der Waals surface area contributed by atoms with Crippen LogP contribution in [-0.4, -0.2) is 26.8 Å². The van der Waals surface area contributed by atoms with E-state index in [1.54, 1.807) is 48.9 Å². The number of aliphatic hydroxyl groups is 1. The van der Waals surface area contributed by atoms with Crippen LogP contribution in [0.3, 0.4) is 0 Å². The van der Waals surface area contributed by atoms with Crippen molar-refractivity contribution < 1.29 is 14.7 Å². The number of aliphatic hydroxyl groups excluding tert-OH is 1. The monoisotopic (exact) mass is 473 g/mol. The highest BCUT2D eigenvalue weighted by Crippen LogP contribution is 2.43. The molecule has 31 heavy (non-hydrogen) atoms. The molecule has 2 aromatic heterocycles. The summed E-state index contributed by atoms with van der Waals surface area (Å²) in [5.74, 6) is -1.64. The molecular weight excluding hydrogens is 458 g/mol. The second kappa shape index (κ2) is 7.52. The molecule has 1 fully saturated rings. The van der Waals surface area contributed by atoms with Gasteiger partial charge in [0.25, 0.3) is 11.7 Å².